The lowest BCUT2D eigenvalue weighted by Gasteiger charge is -1.95. The van der Waals surface area contributed by atoms with Gasteiger partial charge in [-0.1, -0.05) is 4.49 Å². The summed E-state index contributed by atoms with van der Waals surface area (Å²) in [7, 11) is 1.37. The van der Waals surface area contributed by atoms with E-state index in [4.69, 9.17) is 0 Å². The van der Waals surface area contributed by atoms with Crippen molar-refractivity contribution < 1.29 is 9.53 Å². The summed E-state index contributed by atoms with van der Waals surface area (Å²) < 4.78 is 9.27. The number of hydrogen-bond acceptors (Lipinski definition) is 6. The minimum absolute atomic E-state index is 0.310. The SMILES string of the molecule is COC(=O)c1c(C)sc2nnsc12. The number of nitrogens with zero attached hydrogens (tertiary/aromatic N) is 2. The van der Waals surface area contributed by atoms with Gasteiger partial charge in [-0.3, -0.25) is 0 Å². The topological polar surface area (TPSA) is 52.1 Å². The molecule has 0 aliphatic rings. The highest BCUT2D eigenvalue weighted by molar-refractivity contribution is 7.25. The Morgan fingerprint density at radius 2 is 2.31 bits per heavy atom. The van der Waals surface area contributed by atoms with Crippen molar-refractivity contribution in [2.75, 3.05) is 7.11 Å². The molecule has 0 unspecified atom stereocenters. The van der Waals surface area contributed by atoms with Crippen molar-refractivity contribution in [1.82, 2.24) is 9.59 Å². The zero-order chi connectivity index (χ0) is 9.42. The van der Waals surface area contributed by atoms with Crippen molar-refractivity contribution in [3.8, 4) is 0 Å². The maximum absolute atomic E-state index is 11.3. The third-order valence-electron chi connectivity index (χ3n) is 1.68. The fourth-order valence-corrected chi connectivity index (χ4v) is 2.95. The minimum atomic E-state index is -0.310. The normalized spacial score (nSPS) is 10.6. The van der Waals surface area contributed by atoms with E-state index < -0.39 is 0 Å². The van der Waals surface area contributed by atoms with Crippen LogP contribution in [0.4, 0.5) is 0 Å². The third kappa shape index (κ3) is 1.22. The molecule has 0 N–H and O–H groups in total. The Hall–Kier alpha value is -1.01. The maximum atomic E-state index is 11.3. The summed E-state index contributed by atoms with van der Waals surface area (Å²) in [6.45, 7) is 1.88. The lowest BCUT2D eigenvalue weighted by atomic mass is 10.3. The van der Waals surface area contributed by atoms with Crippen LogP contribution >= 0.6 is 22.9 Å². The lowest BCUT2D eigenvalue weighted by Crippen LogP contribution is -2.00. The van der Waals surface area contributed by atoms with Gasteiger partial charge in [0.1, 0.15) is 4.70 Å². The molecule has 0 aliphatic carbocycles. The number of aromatic nitrogens is 2. The van der Waals surface area contributed by atoms with Gasteiger partial charge in [0.15, 0.2) is 4.83 Å². The lowest BCUT2D eigenvalue weighted by molar-refractivity contribution is 0.0603. The molecule has 0 atom stereocenters. The average Bonchev–Trinajstić information content (AvgIpc) is 2.62. The molecule has 13 heavy (non-hydrogen) atoms. The van der Waals surface area contributed by atoms with E-state index in [1.165, 1.54) is 30.0 Å². The predicted molar refractivity (Wildman–Crippen MR) is 51.4 cm³/mol. The van der Waals surface area contributed by atoms with E-state index in [0.717, 1.165) is 14.4 Å². The molecular weight excluding hydrogens is 208 g/mol. The molecule has 2 aromatic rings. The first-order valence-electron chi connectivity index (χ1n) is 3.54. The van der Waals surface area contributed by atoms with Gasteiger partial charge in [-0.05, 0) is 18.5 Å². The molecule has 6 heteroatoms. The van der Waals surface area contributed by atoms with Crippen LogP contribution in [0.1, 0.15) is 15.2 Å². The van der Waals surface area contributed by atoms with E-state index in [0.29, 0.717) is 5.56 Å². The summed E-state index contributed by atoms with van der Waals surface area (Å²) in [5.41, 5.74) is 0.609. The van der Waals surface area contributed by atoms with Gasteiger partial charge in [0.05, 0.1) is 12.7 Å². The van der Waals surface area contributed by atoms with Crippen LogP contribution in [0.2, 0.25) is 0 Å². The fraction of sp³-hybridized carbons (Fsp3) is 0.286. The van der Waals surface area contributed by atoms with E-state index in [2.05, 4.69) is 14.3 Å². The number of esters is 1. The second-order valence-corrected chi connectivity index (χ2v) is 4.39. The van der Waals surface area contributed by atoms with Gasteiger partial charge < -0.3 is 4.74 Å². The predicted octanol–water partition coefficient (Wildman–Crippen LogP) is 1.85. The monoisotopic (exact) mass is 214 g/mol. The van der Waals surface area contributed by atoms with Crippen molar-refractivity contribution in [2.45, 2.75) is 6.92 Å². The number of thiophene rings is 1. The highest BCUT2D eigenvalue weighted by Crippen LogP contribution is 2.31. The summed E-state index contributed by atoms with van der Waals surface area (Å²) in [4.78, 5) is 13.1. The summed E-state index contributed by atoms with van der Waals surface area (Å²) in [5.74, 6) is -0.310. The molecule has 0 fully saturated rings. The molecular formula is C7H6N2O2S2. The van der Waals surface area contributed by atoms with E-state index >= 15 is 0 Å². The molecule has 0 aliphatic heterocycles. The Bertz CT molecular complexity index is 460. The van der Waals surface area contributed by atoms with Crippen LogP contribution in [0.15, 0.2) is 0 Å². The van der Waals surface area contributed by atoms with Gasteiger partial charge in [-0.15, -0.1) is 16.4 Å². The molecule has 68 valence electrons. The van der Waals surface area contributed by atoms with Crippen LogP contribution in [-0.4, -0.2) is 22.7 Å². The highest BCUT2D eigenvalue weighted by atomic mass is 32.1. The molecule has 2 rings (SSSR count). The standard InChI is InChI=1S/C7H6N2O2S2/c1-3-4(7(10)11-2)5-6(12-3)8-9-13-5/h1-2H3. The van der Waals surface area contributed by atoms with Crippen LogP contribution < -0.4 is 0 Å². The zero-order valence-electron chi connectivity index (χ0n) is 7.03. The smallest absolute Gasteiger partial charge is 0.340 e. The van der Waals surface area contributed by atoms with E-state index in [1.54, 1.807) is 0 Å². The van der Waals surface area contributed by atoms with Crippen LogP contribution in [0.5, 0.6) is 0 Å². The third-order valence-corrected chi connectivity index (χ3v) is 3.54. The number of carbonyl (C=O) groups excluding carboxylic acids is 1. The van der Waals surface area contributed by atoms with Crippen LogP contribution in [-0.2, 0) is 4.74 Å². The minimum Gasteiger partial charge on any atom is -0.465 e. The van der Waals surface area contributed by atoms with E-state index in [-0.39, 0.29) is 5.97 Å². The van der Waals surface area contributed by atoms with Gasteiger partial charge >= 0.3 is 5.97 Å². The molecule has 0 spiro atoms. The molecule has 0 saturated carbocycles. The Labute approximate surface area is 82.3 Å². The summed E-state index contributed by atoms with van der Waals surface area (Å²) in [5, 5.41) is 3.90. The summed E-state index contributed by atoms with van der Waals surface area (Å²) in [6.07, 6.45) is 0. The molecule has 2 aromatic heterocycles. The van der Waals surface area contributed by atoms with E-state index in [9.17, 15) is 4.79 Å². The van der Waals surface area contributed by atoms with Gasteiger partial charge in [0.2, 0.25) is 0 Å². The first-order chi connectivity index (χ1) is 6.24. The highest BCUT2D eigenvalue weighted by Gasteiger charge is 2.19. The number of fused-ring (bicyclic) bond motifs is 1. The Kier molecular flexibility index (Phi) is 2.01. The first-order valence-corrected chi connectivity index (χ1v) is 5.12. The maximum Gasteiger partial charge on any atom is 0.340 e. The van der Waals surface area contributed by atoms with Gasteiger partial charge in [-0.2, -0.15) is 0 Å². The summed E-state index contributed by atoms with van der Waals surface area (Å²) in [6, 6.07) is 0. The number of hydrogen-bond donors (Lipinski definition) is 0. The van der Waals surface area contributed by atoms with E-state index in [1.807, 2.05) is 6.92 Å². The van der Waals surface area contributed by atoms with Gasteiger partial charge in [0, 0.05) is 4.88 Å². The summed E-state index contributed by atoms with van der Waals surface area (Å²) >= 11 is 2.69. The Balaban J connectivity index is 2.70. The van der Waals surface area contributed by atoms with Crippen molar-refractivity contribution in [3.05, 3.63) is 10.4 Å². The Morgan fingerprint density at radius 1 is 1.54 bits per heavy atom. The second-order valence-electron chi connectivity index (χ2n) is 2.43. The quantitative estimate of drug-likeness (QED) is 0.680. The van der Waals surface area contributed by atoms with Crippen LogP contribution in [0, 0.1) is 6.92 Å². The number of carbonyl (C=O) groups is 1. The number of aryl methyl sites for hydroxylation is 1. The van der Waals surface area contributed by atoms with Gasteiger partial charge in [-0.25, -0.2) is 4.79 Å². The van der Waals surface area contributed by atoms with Crippen molar-refractivity contribution in [2.24, 2.45) is 0 Å². The largest absolute Gasteiger partial charge is 0.465 e. The Morgan fingerprint density at radius 3 is 3.00 bits per heavy atom. The molecule has 4 nitrogen and oxygen atoms in total. The first kappa shape index (κ1) is 8.58. The van der Waals surface area contributed by atoms with Crippen molar-refractivity contribution in [3.63, 3.8) is 0 Å². The molecule has 0 amide bonds. The van der Waals surface area contributed by atoms with Crippen molar-refractivity contribution >= 4 is 38.4 Å². The van der Waals surface area contributed by atoms with Crippen LogP contribution in [0.25, 0.3) is 9.53 Å². The van der Waals surface area contributed by atoms with Gasteiger partial charge in [0.25, 0.3) is 0 Å². The van der Waals surface area contributed by atoms with Crippen molar-refractivity contribution in [1.29, 1.82) is 0 Å². The molecule has 0 saturated heterocycles. The number of methoxy groups -OCH3 is 1. The fourth-order valence-electron chi connectivity index (χ4n) is 1.10. The second kappa shape index (κ2) is 3.04. The number of rotatable bonds is 1. The molecule has 2 heterocycles. The average molecular weight is 214 g/mol. The zero-order valence-corrected chi connectivity index (χ0v) is 8.66. The number of ether oxygens (including phenoxy) is 1. The molecule has 0 aromatic carbocycles. The molecule has 0 bridgehead atoms. The van der Waals surface area contributed by atoms with Crippen LogP contribution in [0.3, 0.4) is 0 Å². The molecule has 0 radical (unpaired) electrons.